The summed E-state index contributed by atoms with van der Waals surface area (Å²) in [5, 5.41) is 10.3. The van der Waals surface area contributed by atoms with Crippen molar-refractivity contribution in [2.75, 3.05) is 13.2 Å². The van der Waals surface area contributed by atoms with Crippen LogP contribution < -0.4 is 0 Å². The number of ether oxygens (including phenoxy) is 1. The quantitative estimate of drug-likeness (QED) is 0.477. The summed E-state index contributed by atoms with van der Waals surface area (Å²) in [6.07, 6.45) is 5.50. The normalized spacial score (nSPS) is 24.6. The molecule has 1 fully saturated rings. The van der Waals surface area contributed by atoms with E-state index in [2.05, 4.69) is 46.0 Å². The van der Waals surface area contributed by atoms with Crippen LogP contribution in [0, 0.1) is 5.41 Å². The third-order valence-electron chi connectivity index (χ3n) is 6.48. The SMILES string of the molecule is CC(C)(C)[Si](C)(C)OC1CCC(CO)(CCOCc2ccccc2)CC1. The third-order valence-corrected chi connectivity index (χ3v) is 11.0. The van der Waals surface area contributed by atoms with E-state index >= 15 is 0 Å². The average molecular weight is 379 g/mol. The molecule has 1 aromatic rings. The zero-order valence-electron chi connectivity index (χ0n) is 17.4. The van der Waals surface area contributed by atoms with Crippen molar-refractivity contribution in [2.45, 2.75) is 83.7 Å². The molecule has 0 unspecified atom stereocenters. The van der Waals surface area contributed by atoms with E-state index in [1.165, 1.54) is 5.56 Å². The lowest BCUT2D eigenvalue weighted by Gasteiger charge is -2.44. The Morgan fingerprint density at radius 1 is 1.12 bits per heavy atom. The largest absolute Gasteiger partial charge is 0.414 e. The monoisotopic (exact) mass is 378 g/mol. The molecule has 0 spiro atoms. The summed E-state index contributed by atoms with van der Waals surface area (Å²) in [5.74, 6) is 0. The molecule has 0 bridgehead atoms. The van der Waals surface area contributed by atoms with Crippen molar-refractivity contribution in [2.24, 2.45) is 5.41 Å². The Hall–Kier alpha value is -0.683. The van der Waals surface area contributed by atoms with Crippen LogP contribution in [0.3, 0.4) is 0 Å². The first-order valence-electron chi connectivity index (χ1n) is 10.1. The van der Waals surface area contributed by atoms with Gasteiger partial charge in [-0.2, -0.15) is 0 Å². The Morgan fingerprint density at radius 3 is 2.27 bits per heavy atom. The second-order valence-electron chi connectivity index (χ2n) is 9.52. The van der Waals surface area contributed by atoms with Gasteiger partial charge in [0.1, 0.15) is 0 Å². The molecular weight excluding hydrogens is 340 g/mol. The van der Waals surface area contributed by atoms with Crippen molar-refractivity contribution < 1.29 is 14.3 Å². The molecule has 2 rings (SSSR count). The van der Waals surface area contributed by atoms with Gasteiger partial charge in [0.25, 0.3) is 0 Å². The zero-order chi connectivity index (χ0) is 19.3. The fraction of sp³-hybridized carbons (Fsp3) is 0.727. The second-order valence-corrected chi connectivity index (χ2v) is 14.3. The highest BCUT2D eigenvalue weighted by Gasteiger charge is 2.42. The number of aliphatic hydroxyl groups is 1. The van der Waals surface area contributed by atoms with Crippen molar-refractivity contribution in [3.63, 3.8) is 0 Å². The molecular formula is C22H38O3Si. The maximum atomic E-state index is 10.0. The molecule has 0 heterocycles. The molecule has 0 amide bonds. The maximum absolute atomic E-state index is 10.0. The van der Waals surface area contributed by atoms with Gasteiger partial charge in [0.15, 0.2) is 8.32 Å². The van der Waals surface area contributed by atoms with Crippen LogP contribution in [0.15, 0.2) is 30.3 Å². The van der Waals surface area contributed by atoms with E-state index in [-0.39, 0.29) is 17.1 Å². The van der Waals surface area contributed by atoms with E-state index in [1.54, 1.807) is 0 Å². The molecule has 4 heteroatoms. The molecule has 0 aliphatic heterocycles. The minimum absolute atomic E-state index is 0.0178. The molecule has 3 nitrogen and oxygen atoms in total. The van der Waals surface area contributed by atoms with Gasteiger partial charge in [-0.25, -0.2) is 0 Å². The van der Waals surface area contributed by atoms with Gasteiger partial charge in [-0.1, -0.05) is 51.1 Å². The van der Waals surface area contributed by atoms with Gasteiger partial charge >= 0.3 is 0 Å². The van der Waals surface area contributed by atoms with Gasteiger partial charge in [-0.15, -0.1) is 0 Å². The van der Waals surface area contributed by atoms with Crippen LogP contribution in [0.25, 0.3) is 0 Å². The van der Waals surface area contributed by atoms with E-state index in [4.69, 9.17) is 9.16 Å². The van der Waals surface area contributed by atoms with E-state index in [0.29, 0.717) is 19.3 Å². The minimum atomic E-state index is -1.70. The number of rotatable bonds is 8. The molecule has 1 aromatic carbocycles. The predicted octanol–water partition coefficient (Wildman–Crippen LogP) is 5.54. The predicted molar refractivity (Wildman–Crippen MR) is 111 cm³/mol. The van der Waals surface area contributed by atoms with Crippen molar-refractivity contribution >= 4 is 8.32 Å². The molecule has 0 saturated heterocycles. The summed E-state index contributed by atoms with van der Waals surface area (Å²) in [5.41, 5.74) is 1.22. The van der Waals surface area contributed by atoms with Crippen LogP contribution in [0.5, 0.6) is 0 Å². The number of hydrogen-bond acceptors (Lipinski definition) is 3. The maximum Gasteiger partial charge on any atom is 0.192 e. The summed E-state index contributed by atoms with van der Waals surface area (Å²) >= 11 is 0. The molecule has 148 valence electrons. The van der Waals surface area contributed by atoms with Crippen LogP contribution in [-0.4, -0.2) is 32.7 Å². The van der Waals surface area contributed by atoms with Crippen molar-refractivity contribution in [3.8, 4) is 0 Å². The summed E-state index contributed by atoms with van der Waals surface area (Å²) in [7, 11) is -1.70. The summed E-state index contributed by atoms with van der Waals surface area (Å²) in [6.45, 7) is 13.2. The molecule has 0 atom stereocenters. The van der Waals surface area contributed by atoms with Crippen molar-refractivity contribution in [3.05, 3.63) is 35.9 Å². The Labute approximate surface area is 161 Å². The molecule has 1 N–H and O–H groups in total. The van der Waals surface area contributed by atoms with Gasteiger partial charge in [0.05, 0.1) is 6.61 Å². The second kappa shape index (κ2) is 9.00. The standard InChI is InChI=1S/C22H38O3Si/c1-21(2,3)26(4,5)25-20-11-13-22(18-23,14-12-20)15-16-24-17-19-9-7-6-8-10-19/h6-10,20,23H,11-18H2,1-5H3. The summed E-state index contributed by atoms with van der Waals surface area (Å²) < 4.78 is 12.5. The highest BCUT2D eigenvalue weighted by atomic mass is 28.4. The van der Waals surface area contributed by atoms with Gasteiger partial charge in [-0.3, -0.25) is 0 Å². The molecule has 26 heavy (non-hydrogen) atoms. The third kappa shape index (κ3) is 5.91. The highest BCUT2D eigenvalue weighted by molar-refractivity contribution is 6.74. The molecule has 1 saturated carbocycles. The summed E-state index contributed by atoms with van der Waals surface area (Å²) in [6, 6.07) is 10.3. The van der Waals surface area contributed by atoms with Gasteiger partial charge in [0.2, 0.25) is 0 Å². The van der Waals surface area contributed by atoms with Crippen molar-refractivity contribution in [1.29, 1.82) is 0 Å². The molecule has 1 aliphatic carbocycles. The van der Waals surface area contributed by atoms with Crippen LogP contribution in [0.1, 0.15) is 58.4 Å². The lowest BCUT2D eigenvalue weighted by atomic mass is 9.72. The molecule has 0 radical (unpaired) electrons. The van der Waals surface area contributed by atoms with E-state index in [1.807, 2.05) is 18.2 Å². The zero-order valence-corrected chi connectivity index (χ0v) is 18.4. The van der Waals surface area contributed by atoms with Crippen LogP contribution in [0.4, 0.5) is 0 Å². The molecule has 0 aromatic heterocycles. The number of aliphatic hydroxyl groups excluding tert-OH is 1. The fourth-order valence-corrected chi connectivity index (χ4v) is 4.88. The van der Waals surface area contributed by atoms with E-state index < -0.39 is 8.32 Å². The Morgan fingerprint density at radius 2 is 1.73 bits per heavy atom. The topological polar surface area (TPSA) is 38.7 Å². The molecule has 1 aliphatic rings. The van der Waals surface area contributed by atoms with Gasteiger partial charge in [-0.05, 0) is 61.2 Å². The Bertz CT molecular complexity index is 528. The number of hydrogen-bond donors (Lipinski definition) is 1. The summed E-state index contributed by atoms with van der Waals surface area (Å²) in [4.78, 5) is 0. The lowest BCUT2D eigenvalue weighted by molar-refractivity contribution is -0.00188. The Balaban J connectivity index is 1.77. The first kappa shape index (κ1) is 21.6. The Kier molecular flexibility index (Phi) is 7.49. The van der Waals surface area contributed by atoms with Gasteiger partial charge in [0, 0.05) is 19.3 Å². The van der Waals surface area contributed by atoms with Crippen LogP contribution in [0.2, 0.25) is 18.1 Å². The minimum Gasteiger partial charge on any atom is -0.414 e. The smallest absolute Gasteiger partial charge is 0.192 e. The van der Waals surface area contributed by atoms with Crippen LogP contribution in [-0.2, 0) is 15.8 Å². The average Bonchev–Trinajstić information content (AvgIpc) is 2.60. The first-order valence-corrected chi connectivity index (χ1v) is 13.0. The number of benzene rings is 1. The first-order chi connectivity index (χ1) is 12.2. The van der Waals surface area contributed by atoms with Crippen LogP contribution >= 0.6 is 0 Å². The van der Waals surface area contributed by atoms with Gasteiger partial charge < -0.3 is 14.3 Å². The van der Waals surface area contributed by atoms with E-state index in [9.17, 15) is 5.11 Å². The highest BCUT2D eigenvalue weighted by Crippen LogP contribution is 2.43. The van der Waals surface area contributed by atoms with E-state index in [0.717, 1.165) is 32.1 Å². The van der Waals surface area contributed by atoms with Crippen molar-refractivity contribution in [1.82, 2.24) is 0 Å². The lowest BCUT2D eigenvalue weighted by Crippen LogP contribution is -2.46. The fourth-order valence-electron chi connectivity index (χ4n) is 3.46.